The van der Waals surface area contributed by atoms with Crippen LogP contribution in [-0.2, 0) is 17.6 Å². The standard InChI is InChI=1S/C14H16N2O3/c1-2-10-3-5-11(6-4-10)15-14-16-12(9-19-14)7-8-13(17)18/h3-6,9H,2,7-8H2,1H3,(H,15,16)(H,17,18). The summed E-state index contributed by atoms with van der Waals surface area (Å²) in [5.41, 5.74) is 2.79. The average molecular weight is 260 g/mol. The Balaban J connectivity index is 1.96. The predicted molar refractivity (Wildman–Crippen MR) is 71.6 cm³/mol. The Kier molecular flexibility index (Phi) is 4.18. The van der Waals surface area contributed by atoms with Gasteiger partial charge >= 0.3 is 5.97 Å². The first-order chi connectivity index (χ1) is 9.17. The van der Waals surface area contributed by atoms with Crippen molar-refractivity contribution in [2.45, 2.75) is 26.2 Å². The monoisotopic (exact) mass is 260 g/mol. The molecule has 0 radical (unpaired) electrons. The van der Waals surface area contributed by atoms with Gasteiger partial charge in [0.05, 0.1) is 12.1 Å². The lowest BCUT2D eigenvalue weighted by molar-refractivity contribution is -0.136. The number of carboxylic acids is 1. The van der Waals surface area contributed by atoms with Gasteiger partial charge in [-0.1, -0.05) is 19.1 Å². The number of aliphatic carboxylic acids is 1. The second-order valence-electron chi connectivity index (χ2n) is 4.21. The fourth-order valence-corrected chi connectivity index (χ4v) is 1.66. The summed E-state index contributed by atoms with van der Waals surface area (Å²) in [7, 11) is 0. The third kappa shape index (κ3) is 3.84. The Morgan fingerprint density at radius 3 is 2.74 bits per heavy atom. The second kappa shape index (κ2) is 6.04. The number of nitrogens with one attached hydrogen (secondary N) is 1. The number of hydrogen-bond acceptors (Lipinski definition) is 4. The Labute approximate surface area is 111 Å². The van der Waals surface area contributed by atoms with Gasteiger partial charge in [-0.25, -0.2) is 0 Å². The van der Waals surface area contributed by atoms with E-state index < -0.39 is 5.97 Å². The number of benzene rings is 1. The molecule has 0 aliphatic rings. The maximum atomic E-state index is 10.5. The minimum atomic E-state index is -0.840. The molecule has 2 aromatic rings. The van der Waals surface area contributed by atoms with Crippen molar-refractivity contribution in [1.82, 2.24) is 4.98 Å². The summed E-state index contributed by atoms with van der Waals surface area (Å²) in [5, 5.41) is 11.6. The molecule has 2 N–H and O–H groups in total. The number of carboxylic acid groups (broad SMARTS) is 1. The van der Waals surface area contributed by atoms with Crippen molar-refractivity contribution in [1.29, 1.82) is 0 Å². The van der Waals surface area contributed by atoms with Crippen LogP contribution in [0, 0.1) is 0 Å². The number of hydrogen-bond donors (Lipinski definition) is 2. The van der Waals surface area contributed by atoms with Gasteiger partial charge in [-0.05, 0) is 24.1 Å². The van der Waals surface area contributed by atoms with E-state index >= 15 is 0 Å². The fraction of sp³-hybridized carbons (Fsp3) is 0.286. The van der Waals surface area contributed by atoms with Crippen molar-refractivity contribution in [2.75, 3.05) is 5.32 Å². The molecule has 0 fully saturated rings. The minimum absolute atomic E-state index is 0.0527. The van der Waals surface area contributed by atoms with Crippen LogP contribution >= 0.6 is 0 Å². The predicted octanol–water partition coefficient (Wildman–Crippen LogP) is 3.00. The van der Waals surface area contributed by atoms with Crippen LogP contribution in [0.4, 0.5) is 11.7 Å². The molecule has 0 aliphatic heterocycles. The highest BCUT2D eigenvalue weighted by Crippen LogP contribution is 2.17. The van der Waals surface area contributed by atoms with Crippen molar-refractivity contribution in [3.63, 3.8) is 0 Å². The first kappa shape index (κ1) is 13.1. The van der Waals surface area contributed by atoms with Gasteiger partial charge in [0.15, 0.2) is 0 Å². The molecule has 0 saturated heterocycles. The van der Waals surface area contributed by atoms with E-state index in [2.05, 4.69) is 17.2 Å². The van der Waals surface area contributed by atoms with Crippen molar-refractivity contribution in [3.8, 4) is 0 Å². The lowest BCUT2D eigenvalue weighted by atomic mass is 10.1. The average Bonchev–Trinajstić information content (AvgIpc) is 2.85. The third-order valence-electron chi connectivity index (χ3n) is 2.76. The second-order valence-corrected chi connectivity index (χ2v) is 4.21. The van der Waals surface area contributed by atoms with Crippen LogP contribution in [0.25, 0.3) is 0 Å². The first-order valence-corrected chi connectivity index (χ1v) is 6.19. The Hall–Kier alpha value is -2.30. The van der Waals surface area contributed by atoms with Crippen LogP contribution in [0.1, 0.15) is 24.6 Å². The number of rotatable bonds is 6. The maximum Gasteiger partial charge on any atom is 0.303 e. The topological polar surface area (TPSA) is 75.4 Å². The van der Waals surface area contributed by atoms with Gasteiger partial charge in [0.1, 0.15) is 6.26 Å². The Morgan fingerprint density at radius 1 is 1.37 bits per heavy atom. The molecular formula is C14H16N2O3. The molecule has 0 amide bonds. The molecule has 19 heavy (non-hydrogen) atoms. The van der Waals surface area contributed by atoms with Crippen molar-refractivity contribution in [3.05, 3.63) is 41.8 Å². The molecule has 2 rings (SSSR count). The lowest BCUT2D eigenvalue weighted by Crippen LogP contribution is -1.98. The van der Waals surface area contributed by atoms with Gasteiger partial charge in [-0.2, -0.15) is 4.98 Å². The van der Waals surface area contributed by atoms with Crippen LogP contribution in [0.5, 0.6) is 0 Å². The van der Waals surface area contributed by atoms with Gasteiger partial charge in [-0.3, -0.25) is 4.79 Å². The molecule has 0 unspecified atom stereocenters. The van der Waals surface area contributed by atoms with E-state index in [0.29, 0.717) is 18.1 Å². The van der Waals surface area contributed by atoms with Crippen LogP contribution < -0.4 is 5.32 Å². The van der Waals surface area contributed by atoms with Gasteiger partial charge < -0.3 is 14.8 Å². The molecule has 1 aromatic carbocycles. The van der Waals surface area contributed by atoms with Crippen LogP contribution in [0.3, 0.4) is 0 Å². The normalized spacial score (nSPS) is 10.4. The first-order valence-electron chi connectivity index (χ1n) is 6.19. The molecule has 1 heterocycles. The third-order valence-corrected chi connectivity index (χ3v) is 2.76. The zero-order valence-corrected chi connectivity index (χ0v) is 10.7. The maximum absolute atomic E-state index is 10.5. The number of anilines is 2. The summed E-state index contributed by atoms with van der Waals surface area (Å²) >= 11 is 0. The Bertz CT molecular complexity index is 546. The van der Waals surface area contributed by atoms with E-state index in [0.717, 1.165) is 12.1 Å². The SMILES string of the molecule is CCc1ccc(Nc2nc(CCC(=O)O)co2)cc1. The summed E-state index contributed by atoms with van der Waals surface area (Å²) < 4.78 is 5.24. The molecule has 1 aromatic heterocycles. The molecule has 5 heteroatoms. The molecule has 0 saturated carbocycles. The van der Waals surface area contributed by atoms with E-state index in [-0.39, 0.29) is 6.42 Å². The Morgan fingerprint density at radius 2 is 2.11 bits per heavy atom. The fourth-order valence-electron chi connectivity index (χ4n) is 1.66. The molecule has 5 nitrogen and oxygen atoms in total. The smallest absolute Gasteiger partial charge is 0.303 e. The van der Waals surface area contributed by atoms with Gasteiger partial charge in [0.25, 0.3) is 6.01 Å². The van der Waals surface area contributed by atoms with Crippen LogP contribution in [0.15, 0.2) is 34.9 Å². The molecule has 0 aliphatic carbocycles. The molecule has 0 atom stereocenters. The molecule has 0 bridgehead atoms. The van der Waals surface area contributed by atoms with Crippen molar-refractivity contribution >= 4 is 17.7 Å². The van der Waals surface area contributed by atoms with E-state index in [9.17, 15) is 4.79 Å². The van der Waals surface area contributed by atoms with Crippen molar-refractivity contribution in [2.24, 2.45) is 0 Å². The lowest BCUT2D eigenvalue weighted by Gasteiger charge is -2.02. The van der Waals surface area contributed by atoms with E-state index in [1.54, 1.807) is 0 Å². The number of aromatic nitrogens is 1. The van der Waals surface area contributed by atoms with Crippen molar-refractivity contribution < 1.29 is 14.3 Å². The van der Waals surface area contributed by atoms with Gasteiger partial charge in [-0.15, -0.1) is 0 Å². The highest BCUT2D eigenvalue weighted by Gasteiger charge is 2.06. The highest BCUT2D eigenvalue weighted by atomic mass is 16.4. The molecular weight excluding hydrogens is 244 g/mol. The summed E-state index contributed by atoms with van der Waals surface area (Å²) in [5.74, 6) is -0.840. The quantitative estimate of drug-likeness (QED) is 0.835. The van der Waals surface area contributed by atoms with Gasteiger partial charge in [0, 0.05) is 12.1 Å². The van der Waals surface area contributed by atoms with E-state index in [1.165, 1.54) is 11.8 Å². The van der Waals surface area contributed by atoms with E-state index in [1.807, 2.05) is 24.3 Å². The summed E-state index contributed by atoms with van der Waals surface area (Å²) in [6, 6.07) is 8.37. The summed E-state index contributed by atoms with van der Waals surface area (Å²) in [6.07, 6.45) is 2.90. The number of oxazole rings is 1. The van der Waals surface area contributed by atoms with Crippen LogP contribution in [-0.4, -0.2) is 16.1 Å². The van der Waals surface area contributed by atoms with E-state index in [4.69, 9.17) is 9.52 Å². The molecule has 100 valence electrons. The number of aryl methyl sites for hydroxylation is 2. The number of nitrogens with zero attached hydrogens (tertiary/aromatic N) is 1. The zero-order chi connectivity index (χ0) is 13.7. The minimum Gasteiger partial charge on any atom is -0.481 e. The summed E-state index contributed by atoms with van der Waals surface area (Å²) in [6.45, 7) is 2.10. The number of carbonyl (C=O) groups is 1. The molecule has 0 spiro atoms. The highest BCUT2D eigenvalue weighted by molar-refractivity contribution is 5.67. The van der Waals surface area contributed by atoms with Gasteiger partial charge in [0.2, 0.25) is 0 Å². The zero-order valence-electron chi connectivity index (χ0n) is 10.7. The largest absolute Gasteiger partial charge is 0.481 e. The summed E-state index contributed by atoms with van der Waals surface area (Å²) in [4.78, 5) is 14.6. The van der Waals surface area contributed by atoms with Crippen LogP contribution in [0.2, 0.25) is 0 Å².